The Bertz CT molecular complexity index is 458. The van der Waals surface area contributed by atoms with E-state index in [-0.39, 0.29) is 11.6 Å². The van der Waals surface area contributed by atoms with E-state index in [2.05, 4.69) is 21.2 Å². The van der Waals surface area contributed by atoms with Crippen LogP contribution in [0.3, 0.4) is 0 Å². The molecule has 0 atom stereocenters. The maximum absolute atomic E-state index is 13.7. The molecule has 1 aliphatic carbocycles. The van der Waals surface area contributed by atoms with E-state index in [0.717, 1.165) is 25.7 Å². The molecule has 0 saturated heterocycles. The van der Waals surface area contributed by atoms with Gasteiger partial charge in [0.25, 0.3) is 0 Å². The summed E-state index contributed by atoms with van der Waals surface area (Å²) in [6.45, 7) is 0.316. The first-order valence-electron chi connectivity index (χ1n) is 6.04. The van der Waals surface area contributed by atoms with Gasteiger partial charge in [-0.15, -0.1) is 0 Å². The van der Waals surface area contributed by atoms with Crippen LogP contribution in [0.4, 0.5) is 10.1 Å². The number of halogens is 2. The molecule has 98 valence electrons. The molecule has 1 aromatic carbocycles. The number of carbonyl (C=O) groups excluding carboxylic acids is 1. The molecule has 0 heterocycles. The highest BCUT2D eigenvalue weighted by Gasteiger charge is 2.39. The van der Waals surface area contributed by atoms with Crippen LogP contribution in [0.2, 0.25) is 0 Å². The Labute approximate surface area is 114 Å². The van der Waals surface area contributed by atoms with Crippen molar-refractivity contribution in [2.75, 3.05) is 11.9 Å². The fourth-order valence-corrected chi connectivity index (χ4v) is 2.75. The van der Waals surface area contributed by atoms with Crippen LogP contribution in [0, 0.1) is 11.2 Å². The number of nitrogens with one attached hydrogen (secondary N) is 1. The zero-order chi connectivity index (χ0) is 13.2. The van der Waals surface area contributed by atoms with Gasteiger partial charge in [0.05, 0.1) is 11.1 Å². The van der Waals surface area contributed by atoms with Crippen LogP contribution in [-0.2, 0) is 4.79 Å². The molecule has 1 aromatic rings. The summed E-state index contributed by atoms with van der Waals surface area (Å²) in [6, 6.07) is 4.58. The molecule has 0 aliphatic heterocycles. The van der Waals surface area contributed by atoms with Gasteiger partial charge in [0.2, 0.25) is 5.91 Å². The SMILES string of the molecule is NCC1(C(=O)Nc2ccc(Br)cc2F)CCCC1. The number of amides is 1. The molecule has 1 aliphatic rings. The van der Waals surface area contributed by atoms with Gasteiger partial charge in [-0.25, -0.2) is 4.39 Å². The smallest absolute Gasteiger partial charge is 0.231 e. The standard InChI is InChI=1S/C13H16BrFN2O/c14-9-3-4-11(10(15)7-9)17-12(18)13(8-16)5-1-2-6-13/h3-4,7H,1-2,5-6,8,16H2,(H,17,18). The highest BCUT2D eigenvalue weighted by Crippen LogP contribution is 2.38. The van der Waals surface area contributed by atoms with Gasteiger partial charge in [-0.2, -0.15) is 0 Å². The quantitative estimate of drug-likeness (QED) is 0.901. The highest BCUT2D eigenvalue weighted by atomic mass is 79.9. The number of nitrogens with two attached hydrogens (primary N) is 1. The van der Waals surface area contributed by atoms with Gasteiger partial charge in [0.15, 0.2) is 0 Å². The summed E-state index contributed by atoms with van der Waals surface area (Å²) in [5.74, 6) is -0.605. The Morgan fingerprint density at radius 1 is 1.44 bits per heavy atom. The fourth-order valence-electron chi connectivity index (χ4n) is 2.42. The van der Waals surface area contributed by atoms with Crippen LogP contribution in [0.1, 0.15) is 25.7 Å². The first-order chi connectivity index (χ1) is 8.57. The third kappa shape index (κ3) is 2.57. The van der Waals surface area contributed by atoms with E-state index in [1.807, 2.05) is 0 Å². The summed E-state index contributed by atoms with van der Waals surface area (Å²) in [5.41, 5.74) is 5.42. The monoisotopic (exact) mass is 314 g/mol. The molecule has 1 saturated carbocycles. The van der Waals surface area contributed by atoms with Crippen LogP contribution in [-0.4, -0.2) is 12.5 Å². The van der Waals surface area contributed by atoms with E-state index in [0.29, 0.717) is 11.0 Å². The molecule has 0 radical (unpaired) electrons. The van der Waals surface area contributed by atoms with E-state index in [1.54, 1.807) is 12.1 Å². The molecule has 0 unspecified atom stereocenters. The second kappa shape index (κ2) is 5.36. The van der Waals surface area contributed by atoms with Gasteiger partial charge < -0.3 is 11.1 Å². The van der Waals surface area contributed by atoms with Crippen molar-refractivity contribution >= 4 is 27.5 Å². The van der Waals surface area contributed by atoms with E-state index in [9.17, 15) is 9.18 Å². The summed E-state index contributed by atoms with van der Waals surface area (Å²) < 4.78 is 14.3. The number of hydrogen-bond acceptors (Lipinski definition) is 2. The number of hydrogen-bond donors (Lipinski definition) is 2. The van der Waals surface area contributed by atoms with Crippen LogP contribution < -0.4 is 11.1 Å². The van der Waals surface area contributed by atoms with Crippen molar-refractivity contribution in [1.29, 1.82) is 0 Å². The van der Waals surface area contributed by atoms with E-state index < -0.39 is 11.2 Å². The number of rotatable bonds is 3. The molecular formula is C13H16BrFN2O. The molecule has 5 heteroatoms. The van der Waals surface area contributed by atoms with Gasteiger partial charge in [-0.3, -0.25) is 4.79 Å². The molecular weight excluding hydrogens is 299 g/mol. The van der Waals surface area contributed by atoms with Crippen LogP contribution >= 0.6 is 15.9 Å². The summed E-state index contributed by atoms with van der Waals surface area (Å²) in [7, 11) is 0. The van der Waals surface area contributed by atoms with Gasteiger partial charge in [0.1, 0.15) is 5.82 Å². The zero-order valence-corrected chi connectivity index (χ0v) is 11.6. The minimum Gasteiger partial charge on any atom is -0.329 e. The Kier molecular flexibility index (Phi) is 4.02. The zero-order valence-electron chi connectivity index (χ0n) is 10.0. The minimum atomic E-state index is -0.514. The van der Waals surface area contributed by atoms with Crippen molar-refractivity contribution in [3.63, 3.8) is 0 Å². The molecule has 3 N–H and O–H groups in total. The average Bonchev–Trinajstić information content (AvgIpc) is 2.82. The average molecular weight is 315 g/mol. The molecule has 0 spiro atoms. The molecule has 1 amide bonds. The van der Waals surface area contributed by atoms with Gasteiger partial charge in [0, 0.05) is 11.0 Å². The van der Waals surface area contributed by atoms with Crippen molar-refractivity contribution in [2.24, 2.45) is 11.1 Å². The topological polar surface area (TPSA) is 55.1 Å². The van der Waals surface area contributed by atoms with Gasteiger partial charge in [-0.1, -0.05) is 28.8 Å². The second-order valence-electron chi connectivity index (χ2n) is 4.77. The lowest BCUT2D eigenvalue weighted by atomic mass is 9.85. The minimum absolute atomic E-state index is 0.163. The van der Waals surface area contributed by atoms with Crippen LogP contribution in [0.5, 0.6) is 0 Å². The van der Waals surface area contributed by atoms with Crippen molar-refractivity contribution in [3.05, 3.63) is 28.5 Å². The maximum Gasteiger partial charge on any atom is 0.231 e. The Hall–Kier alpha value is -0.940. The largest absolute Gasteiger partial charge is 0.329 e. The molecule has 0 aromatic heterocycles. The van der Waals surface area contributed by atoms with Gasteiger partial charge >= 0.3 is 0 Å². The summed E-state index contributed by atoms with van der Waals surface area (Å²) in [5, 5.41) is 2.66. The summed E-state index contributed by atoms with van der Waals surface area (Å²) >= 11 is 3.18. The Morgan fingerprint density at radius 3 is 2.67 bits per heavy atom. The lowest BCUT2D eigenvalue weighted by Crippen LogP contribution is -2.40. The highest BCUT2D eigenvalue weighted by molar-refractivity contribution is 9.10. The van der Waals surface area contributed by atoms with Crippen LogP contribution in [0.25, 0.3) is 0 Å². The van der Waals surface area contributed by atoms with Crippen molar-refractivity contribution in [3.8, 4) is 0 Å². The molecule has 18 heavy (non-hydrogen) atoms. The molecule has 2 rings (SSSR count). The van der Waals surface area contributed by atoms with Crippen molar-refractivity contribution in [2.45, 2.75) is 25.7 Å². The predicted molar refractivity (Wildman–Crippen MR) is 72.7 cm³/mol. The van der Waals surface area contributed by atoms with Crippen LogP contribution in [0.15, 0.2) is 22.7 Å². The third-order valence-electron chi connectivity index (χ3n) is 3.61. The van der Waals surface area contributed by atoms with E-state index in [1.165, 1.54) is 6.07 Å². The van der Waals surface area contributed by atoms with Crippen molar-refractivity contribution < 1.29 is 9.18 Å². The lowest BCUT2D eigenvalue weighted by Gasteiger charge is -2.25. The Morgan fingerprint density at radius 2 is 2.11 bits per heavy atom. The normalized spacial score (nSPS) is 17.7. The van der Waals surface area contributed by atoms with Gasteiger partial charge in [-0.05, 0) is 31.0 Å². The number of benzene rings is 1. The summed E-state index contributed by atoms with van der Waals surface area (Å²) in [6.07, 6.45) is 3.59. The van der Waals surface area contributed by atoms with Crippen molar-refractivity contribution in [1.82, 2.24) is 0 Å². The number of carbonyl (C=O) groups is 1. The van der Waals surface area contributed by atoms with E-state index >= 15 is 0 Å². The first kappa shape index (κ1) is 13.5. The Balaban J connectivity index is 2.15. The van der Waals surface area contributed by atoms with E-state index in [4.69, 9.17) is 5.73 Å². The maximum atomic E-state index is 13.7. The molecule has 3 nitrogen and oxygen atoms in total. The first-order valence-corrected chi connectivity index (χ1v) is 6.83. The number of anilines is 1. The fraction of sp³-hybridized carbons (Fsp3) is 0.462. The summed E-state index contributed by atoms with van der Waals surface area (Å²) in [4.78, 5) is 12.2. The second-order valence-corrected chi connectivity index (χ2v) is 5.69. The molecule has 1 fully saturated rings. The lowest BCUT2D eigenvalue weighted by molar-refractivity contribution is -0.124. The molecule has 0 bridgehead atoms. The predicted octanol–water partition coefficient (Wildman–Crippen LogP) is 3.05. The third-order valence-corrected chi connectivity index (χ3v) is 4.11.